The first-order valence-corrected chi connectivity index (χ1v) is 7.97. The highest BCUT2D eigenvalue weighted by Gasteiger charge is 2.17. The molecule has 0 fully saturated rings. The number of nitrogens with zero attached hydrogens (tertiary/aromatic N) is 4. The lowest BCUT2D eigenvalue weighted by Gasteiger charge is -2.09. The number of halogens is 1. The first-order valence-electron chi connectivity index (χ1n) is 7.97. The fourth-order valence-electron chi connectivity index (χ4n) is 2.34. The first-order chi connectivity index (χ1) is 11.9. The normalized spacial score (nSPS) is 11.1. The molecule has 0 aliphatic carbocycles. The van der Waals surface area contributed by atoms with Gasteiger partial charge in [0.1, 0.15) is 17.3 Å². The van der Waals surface area contributed by atoms with Crippen LogP contribution in [0.2, 0.25) is 0 Å². The summed E-state index contributed by atoms with van der Waals surface area (Å²) in [5.41, 5.74) is 1.44. The third-order valence-corrected chi connectivity index (χ3v) is 3.60. The van der Waals surface area contributed by atoms with Gasteiger partial charge in [-0.05, 0) is 19.1 Å². The van der Waals surface area contributed by atoms with Gasteiger partial charge in [-0.1, -0.05) is 25.1 Å². The lowest BCUT2D eigenvalue weighted by molar-refractivity contribution is 0.375. The average Bonchev–Trinajstić information content (AvgIpc) is 3.12. The number of hydrogen-bond acceptors (Lipinski definition) is 6. The molecule has 2 heterocycles. The van der Waals surface area contributed by atoms with E-state index in [2.05, 4.69) is 20.6 Å². The average molecular weight is 345 g/mol. The van der Waals surface area contributed by atoms with Crippen molar-refractivity contribution in [3.8, 4) is 11.6 Å². The molecule has 0 saturated heterocycles. The van der Waals surface area contributed by atoms with Crippen LogP contribution < -0.4 is 10.1 Å². The summed E-state index contributed by atoms with van der Waals surface area (Å²) in [6.07, 6.45) is 0. The summed E-state index contributed by atoms with van der Waals surface area (Å²) in [6.45, 7) is 6.19. The van der Waals surface area contributed by atoms with Crippen LogP contribution in [0, 0.1) is 12.7 Å². The maximum atomic E-state index is 13.4. The number of ether oxygens (including phenoxy) is 1. The van der Waals surface area contributed by atoms with Gasteiger partial charge in [-0.25, -0.2) is 9.07 Å². The number of aryl methyl sites for hydroxylation is 2. The SMILES string of the molecule is Cc1nn(C)c(Oc2cccc(F)c2)c1NCc1nc(C(C)C)no1. The lowest BCUT2D eigenvalue weighted by Crippen LogP contribution is -2.03. The minimum atomic E-state index is -0.363. The molecule has 1 aromatic carbocycles. The summed E-state index contributed by atoms with van der Waals surface area (Å²) in [6, 6.07) is 5.95. The van der Waals surface area contributed by atoms with Gasteiger partial charge in [0.2, 0.25) is 11.8 Å². The molecule has 2 aromatic heterocycles. The van der Waals surface area contributed by atoms with Crippen molar-refractivity contribution in [2.45, 2.75) is 33.2 Å². The Bertz CT molecular complexity index is 872. The Kier molecular flexibility index (Phi) is 4.69. The zero-order chi connectivity index (χ0) is 18.0. The standard InChI is InChI=1S/C17H20FN5O2/c1-10(2)16-20-14(25-22-16)9-19-15-11(3)21-23(4)17(15)24-13-7-5-6-12(18)8-13/h5-8,10,19H,9H2,1-4H3. The van der Waals surface area contributed by atoms with E-state index in [1.165, 1.54) is 12.1 Å². The third kappa shape index (κ3) is 3.78. The van der Waals surface area contributed by atoms with Crippen molar-refractivity contribution in [1.29, 1.82) is 0 Å². The van der Waals surface area contributed by atoms with Crippen LogP contribution in [0.5, 0.6) is 11.6 Å². The molecule has 3 rings (SSSR count). The molecule has 0 saturated carbocycles. The molecular weight excluding hydrogens is 325 g/mol. The quantitative estimate of drug-likeness (QED) is 0.732. The lowest BCUT2D eigenvalue weighted by atomic mass is 10.2. The summed E-state index contributed by atoms with van der Waals surface area (Å²) in [7, 11) is 1.76. The van der Waals surface area contributed by atoms with E-state index in [0.29, 0.717) is 35.6 Å². The molecular formula is C17H20FN5O2. The molecule has 25 heavy (non-hydrogen) atoms. The first kappa shape index (κ1) is 16.9. The number of anilines is 1. The highest BCUT2D eigenvalue weighted by atomic mass is 19.1. The molecule has 8 heteroatoms. The second-order valence-corrected chi connectivity index (χ2v) is 6.00. The summed E-state index contributed by atoms with van der Waals surface area (Å²) in [5.74, 6) is 1.85. The van der Waals surface area contributed by atoms with Crippen molar-refractivity contribution in [2.75, 3.05) is 5.32 Å². The highest BCUT2D eigenvalue weighted by Crippen LogP contribution is 2.32. The van der Waals surface area contributed by atoms with Crippen molar-refractivity contribution in [3.05, 3.63) is 47.5 Å². The molecule has 0 amide bonds. The van der Waals surface area contributed by atoms with Gasteiger partial charge in [0.25, 0.3) is 0 Å². The Labute approximate surface area is 144 Å². The van der Waals surface area contributed by atoms with Crippen LogP contribution in [0.4, 0.5) is 10.1 Å². The van der Waals surface area contributed by atoms with Gasteiger partial charge in [0, 0.05) is 19.0 Å². The van der Waals surface area contributed by atoms with Gasteiger partial charge in [-0.3, -0.25) is 0 Å². The monoisotopic (exact) mass is 345 g/mol. The molecule has 0 radical (unpaired) electrons. The molecule has 0 atom stereocenters. The van der Waals surface area contributed by atoms with Crippen LogP contribution in [-0.4, -0.2) is 19.9 Å². The summed E-state index contributed by atoms with van der Waals surface area (Å²) >= 11 is 0. The molecule has 0 unspecified atom stereocenters. The van der Waals surface area contributed by atoms with Crippen molar-refractivity contribution >= 4 is 5.69 Å². The van der Waals surface area contributed by atoms with E-state index in [1.54, 1.807) is 23.9 Å². The Morgan fingerprint density at radius 2 is 2.16 bits per heavy atom. The van der Waals surface area contributed by atoms with Crippen LogP contribution >= 0.6 is 0 Å². The Balaban J connectivity index is 1.78. The van der Waals surface area contributed by atoms with Gasteiger partial charge < -0.3 is 14.6 Å². The van der Waals surface area contributed by atoms with Crippen LogP contribution in [-0.2, 0) is 13.6 Å². The predicted molar refractivity (Wildman–Crippen MR) is 90.1 cm³/mol. The second kappa shape index (κ2) is 6.92. The summed E-state index contributed by atoms with van der Waals surface area (Å²) in [4.78, 5) is 4.33. The highest BCUT2D eigenvalue weighted by molar-refractivity contribution is 5.58. The number of hydrogen-bond donors (Lipinski definition) is 1. The number of nitrogens with one attached hydrogen (secondary N) is 1. The molecule has 0 spiro atoms. The topological polar surface area (TPSA) is 78.0 Å². The fraction of sp³-hybridized carbons (Fsp3) is 0.353. The third-order valence-electron chi connectivity index (χ3n) is 3.60. The largest absolute Gasteiger partial charge is 0.437 e. The van der Waals surface area contributed by atoms with Crippen molar-refractivity contribution in [3.63, 3.8) is 0 Å². The van der Waals surface area contributed by atoms with Crippen LogP contribution in [0.1, 0.15) is 37.2 Å². The Morgan fingerprint density at radius 1 is 1.36 bits per heavy atom. The predicted octanol–water partition coefficient (Wildman–Crippen LogP) is 3.78. The number of rotatable bonds is 6. The summed E-state index contributed by atoms with van der Waals surface area (Å²) < 4.78 is 26.0. The van der Waals surface area contributed by atoms with Crippen molar-refractivity contribution in [2.24, 2.45) is 7.05 Å². The zero-order valence-electron chi connectivity index (χ0n) is 14.6. The zero-order valence-corrected chi connectivity index (χ0v) is 14.6. The molecule has 0 aliphatic heterocycles. The minimum Gasteiger partial charge on any atom is -0.437 e. The van der Waals surface area contributed by atoms with Gasteiger partial charge >= 0.3 is 0 Å². The minimum absolute atomic E-state index is 0.199. The molecule has 0 aliphatic rings. The number of benzene rings is 1. The molecule has 0 bridgehead atoms. The maximum absolute atomic E-state index is 13.4. The second-order valence-electron chi connectivity index (χ2n) is 6.00. The van der Waals surface area contributed by atoms with E-state index in [-0.39, 0.29) is 11.7 Å². The van der Waals surface area contributed by atoms with Gasteiger partial charge in [-0.15, -0.1) is 0 Å². The van der Waals surface area contributed by atoms with Crippen LogP contribution in [0.15, 0.2) is 28.8 Å². The number of aromatic nitrogens is 4. The molecule has 1 N–H and O–H groups in total. The summed E-state index contributed by atoms with van der Waals surface area (Å²) in [5, 5.41) is 11.5. The van der Waals surface area contributed by atoms with Gasteiger partial charge in [-0.2, -0.15) is 10.1 Å². The smallest absolute Gasteiger partial charge is 0.245 e. The Hall–Kier alpha value is -2.90. The van der Waals surface area contributed by atoms with E-state index in [0.717, 1.165) is 5.69 Å². The Morgan fingerprint density at radius 3 is 2.84 bits per heavy atom. The van der Waals surface area contributed by atoms with E-state index in [1.807, 2.05) is 20.8 Å². The molecule has 132 valence electrons. The van der Waals surface area contributed by atoms with E-state index < -0.39 is 0 Å². The van der Waals surface area contributed by atoms with Crippen LogP contribution in [0.25, 0.3) is 0 Å². The van der Waals surface area contributed by atoms with Gasteiger partial charge in [0.05, 0.1) is 12.2 Å². The van der Waals surface area contributed by atoms with Gasteiger partial charge in [0.15, 0.2) is 5.82 Å². The van der Waals surface area contributed by atoms with Crippen molar-refractivity contribution in [1.82, 2.24) is 19.9 Å². The van der Waals surface area contributed by atoms with Crippen molar-refractivity contribution < 1.29 is 13.7 Å². The molecule has 3 aromatic rings. The van der Waals surface area contributed by atoms with E-state index in [4.69, 9.17) is 9.26 Å². The van der Waals surface area contributed by atoms with E-state index in [9.17, 15) is 4.39 Å². The fourth-order valence-corrected chi connectivity index (χ4v) is 2.34. The molecule has 7 nitrogen and oxygen atoms in total. The van der Waals surface area contributed by atoms with E-state index >= 15 is 0 Å². The van der Waals surface area contributed by atoms with Crippen LogP contribution in [0.3, 0.4) is 0 Å². The maximum Gasteiger partial charge on any atom is 0.245 e.